The van der Waals surface area contributed by atoms with Crippen LogP contribution in [0.25, 0.3) is 0 Å². The third-order valence-electron chi connectivity index (χ3n) is 2.43. The van der Waals surface area contributed by atoms with Gasteiger partial charge in [0.15, 0.2) is 0 Å². The second-order valence-corrected chi connectivity index (χ2v) is 3.76. The number of rotatable bonds is 4. The van der Waals surface area contributed by atoms with E-state index in [1.54, 1.807) is 30.3 Å². The van der Waals surface area contributed by atoms with Crippen LogP contribution in [-0.4, -0.2) is 21.1 Å². The first-order valence-electron chi connectivity index (χ1n) is 5.77. The molecule has 0 radical (unpaired) electrons. The number of anilines is 2. The summed E-state index contributed by atoms with van der Waals surface area (Å²) in [5.74, 6) is -0.333. The third-order valence-corrected chi connectivity index (χ3v) is 2.43. The minimum absolute atomic E-state index is 0.167. The van der Waals surface area contributed by atoms with E-state index >= 15 is 0 Å². The fourth-order valence-corrected chi connectivity index (χ4v) is 1.44. The fraction of sp³-hybridized carbons (Fsp3) is 0. The second kappa shape index (κ2) is 6.50. The van der Waals surface area contributed by atoms with Crippen molar-refractivity contribution in [3.63, 3.8) is 0 Å². The van der Waals surface area contributed by atoms with Gasteiger partial charge in [0.1, 0.15) is 24.0 Å². The maximum absolute atomic E-state index is 12.0. The first kappa shape index (κ1) is 13.8. The third kappa shape index (κ3) is 3.43. The van der Waals surface area contributed by atoms with Gasteiger partial charge >= 0.3 is 0 Å². The van der Waals surface area contributed by atoms with E-state index < -0.39 is 5.91 Å². The molecule has 1 amide bonds. The van der Waals surface area contributed by atoms with Crippen molar-refractivity contribution in [3.05, 3.63) is 47.9 Å². The summed E-state index contributed by atoms with van der Waals surface area (Å²) in [4.78, 5) is 15.8. The van der Waals surface area contributed by atoms with Crippen LogP contribution in [0.2, 0.25) is 0 Å². The molecule has 0 saturated carbocycles. The number of H-pyrrole nitrogens is 1. The molecule has 0 atom stereocenters. The molecule has 0 fully saturated rings. The van der Waals surface area contributed by atoms with E-state index in [1.807, 2.05) is 6.07 Å². The number of hydrogen-bond donors (Lipinski definition) is 3. The lowest BCUT2D eigenvalue weighted by Gasteiger charge is -2.05. The van der Waals surface area contributed by atoms with Crippen LogP contribution in [0.1, 0.15) is 5.56 Å². The van der Waals surface area contributed by atoms with Crippen LogP contribution in [0, 0.1) is 22.7 Å². The van der Waals surface area contributed by atoms with Crippen molar-refractivity contribution >= 4 is 17.5 Å². The number of aromatic nitrogens is 3. The van der Waals surface area contributed by atoms with E-state index in [1.165, 1.54) is 12.5 Å². The molecule has 1 aromatic carbocycles. The molecule has 8 nitrogen and oxygen atoms in total. The quantitative estimate of drug-likeness (QED) is 0.568. The maximum Gasteiger partial charge on any atom is 0.267 e. The first-order valence-corrected chi connectivity index (χ1v) is 5.77. The van der Waals surface area contributed by atoms with Gasteiger partial charge in [-0.05, 0) is 12.1 Å². The topological polar surface area (TPSA) is 130 Å². The van der Waals surface area contributed by atoms with E-state index in [9.17, 15) is 4.79 Å². The minimum Gasteiger partial charge on any atom is -0.330 e. The molecule has 21 heavy (non-hydrogen) atoms. The summed E-state index contributed by atoms with van der Waals surface area (Å²) in [5.41, 5.74) is 0.483. The molecule has 3 N–H and O–H groups in total. The van der Waals surface area contributed by atoms with E-state index in [4.69, 9.17) is 10.5 Å². The Bertz CT molecular complexity index is 750. The summed E-state index contributed by atoms with van der Waals surface area (Å²) in [5, 5.41) is 29.2. The van der Waals surface area contributed by atoms with Crippen molar-refractivity contribution in [2.45, 2.75) is 0 Å². The number of nitrogens with one attached hydrogen (secondary N) is 3. The van der Waals surface area contributed by atoms with Crippen molar-refractivity contribution in [2.24, 2.45) is 0 Å². The lowest BCUT2D eigenvalue weighted by Crippen LogP contribution is -2.15. The lowest BCUT2D eigenvalue weighted by atomic mass is 10.2. The first-order chi connectivity index (χ1) is 10.2. The molecule has 0 saturated heterocycles. The Morgan fingerprint density at radius 3 is 2.81 bits per heavy atom. The summed E-state index contributed by atoms with van der Waals surface area (Å²) >= 11 is 0. The van der Waals surface area contributed by atoms with Crippen LogP contribution >= 0.6 is 0 Å². The van der Waals surface area contributed by atoms with E-state index in [-0.39, 0.29) is 5.57 Å². The van der Waals surface area contributed by atoms with Crippen LogP contribution < -0.4 is 10.6 Å². The molecule has 0 unspecified atom stereocenters. The molecule has 8 heteroatoms. The molecule has 1 aromatic heterocycles. The highest BCUT2D eigenvalue weighted by Gasteiger charge is 2.11. The number of amides is 1. The number of benzene rings is 1. The van der Waals surface area contributed by atoms with Crippen LogP contribution in [0.3, 0.4) is 0 Å². The molecule has 0 bridgehead atoms. The number of para-hydroxylation sites is 1. The van der Waals surface area contributed by atoms with Gasteiger partial charge in [-0.25, -0.2) is 5.10 Å². The van der Waals surface area contributed by atoms with E-state index in [0.29, 0.717) is 17.2 Å². The van der Waals surface area contributed by atoms with E-state index in [0.717, 1.165) is 0 Å². The number of nitriles is 2. The number of nitrogens with zero attached hydrogens (tertiary/aromatic N) is 4. The summed E-state index contributed by atoms with van der Waals surface area (Å²) in [6, 6.07) is 10.2. The smallest absolute Gasteiger partial charge is 0.267 e. The van der Waals surface area contributed by atoms with Crippen LogP contribution in [0.4, 0.5) is 11.6 Å². The molecule has 2 rings (SSSR count). The van der Waals surface area contributed by atoms with Gasteiger partial charge in [-0.15, -0.1) is 0 Å². The molecule has 1 heterocycles. The molecule has 0 aliphatic heterocycles. The monoisotopic (exact) mass is 279 g/mol. The fourth-order valence-electron chi connectivity index (χ4n) is 1.44. The zero-order chi connectivity index (χ0) is 15.1. The molecule has 102 valence electrons. The average molecular weight is 279 g/mol. The highest BCUT2D eigenvalue weighted by Crippen LogP contribution is 2.14. The van der Waals surface area contributed by atoms with Gasteiger partial charge in [-0.1, -0.05) is 12.1 Å². The lowest BCUT2D eigenvalue weighted by molar-refractivity contribution is -0.112. The van der Waals surface area contributed by atoms with Gasteiger partial charge < -0.3 is 10.6 Å². The molecular formula is C13H9N7O. The number of aromatic amines is 1. The zero-order valence-corrected chi connectivity index (χ0v) is 10.7. The van der Waals surface area contributed by atoms with Crippen molar-refractivity contribution in [1.82, 2.24) is 15.2 Å². The highest BCUT2D eigenvalue weighted by molar-refractivity contribution is 6.07. The Labute approximate surface area is 119 Å². The zero-order valence-electron chi connectivity index (χ0n) is 10.7. The van der Waals surface area contributed by atoms with Crippen LogP contribution in [0.5, 0.6) is 0 Å². The molecule has 0 aliphatic carbocycles. The predicted octanol–water partition coefficient (Wildman–Crippen LogP) is 1.13. The van der Waals surface area contributed by atoms with Crippen molar-refractivity contribution in [3.8, 4) is 12.1 Å². The molecule has 0 spiro atoms. The van der Waals surface area contributed by atoms with Gasteiger partial charge in [0.25, 0.3) is 5.91 Å². The predicted molar refractivity (Wildman–Crippen MR) is 73.5 cm³/mol. The molecular weight excluding hydrogens is 270 g/mol. The normalized spacial score (nSPS) is 10.3. The Hall–Kier alpha value is -3.65. The van der Waals surface area contributed by atoms with Crippen molar-refractivity contribution in [2.75, 3.05) is 10.6 Å². The highest BCUT2D eigenvalue weighted by atomic mass is 16.1. The number of carbonyl (C=O) groups is 1. The van der Waals surface area contributed by atoms with Crippen molar-refractivity contribution < 1.29 is 4.79 Å². The average Bonchev–Trinajstić information content (AvgIpc) is 3.02. The van der Waals surface area contributed by atoms with Gasteiger partial charge in [0, 0.05) is 6.20 Å². The number of carbonyl (C=O) groups excluding carboxylic acids is 1. The molecule has 2 aromatic rings. The van der Waals surface area contributed by atoms with Gasteiger partial charge in [-0.3, -0.25) is 4.79 Å². The number of hydrogen-bond acceptors (Lipinski definition) is 6. The summed E-state index contributed by atoms with van der Waals surface area (Å²) in [6.07, 6.45) is 2.48. The summed E-state index contributed by atoms with van der Waals surface area (Å²) in [6.45, 7) is 0. The standard InChI is InChI=1S/C13H9N7O/c14-5-9-3-1-2-4-11(9)19-12(21)10(6-15)7-16-13-17-8-18-20-13/h1-4,7-8H,(H,19,21)(H2,16,17,18,20)/b10-7-. The SMILES string of the molecule is N#C/C(=C/Nc1ncn[nH]1)C(=O)Nc1ccccc1C#N. The Balaban J connectivity index is 2.12. The van der Waals surface area contributed by atoms with Crippen LogP contribution in [0.15, 0.2) is 42.4 Å². The Kier molecular flexibility index (Phi) is 4.26. The largest absolute Gasteiger partial charge is 0.330 e. The Morgan fingerprint density at radius 2 is 2.14 bits per heavy atom. The minimum atomic E-state index is -0.632. The van der Waals surface area contributed by atoms with Crippen LogP contribution in [-0.2, 0) is 4.79 Å². The van der Waals surface area contributed by atoms with Crippen molar-refractivity contribution in [1.29, 1.82) is 10.5 Å². The maximum atomic E-state index is 12.0. The Morgan fingerprint density at radius 1 is 1.33 bits per heavy atom. The molecule has 0 aliphatic rings. The van der Waals surface area contributed by atoms with Gasteiger partial charge in [0.2, 0.25) is 5.95 Å². The van der Waals surface area contributed by atoms with Gasteiger partial charge in [0.05, 0.1) is 11.3 Å². The van der Waals surface area contributed by atoms with Gasteiger partial charge in [-0.2, -0.15) is 20.6 Å². The summed E-state index contributed by atoms with van der Waals surface area (Å²) in [7, 11) is 0. The second-order valence-electron chi connectivity index (χ2n) is 3.76. The van der Waals surface area contributed by atoms with E-state index in [2.05, 4.69) is 25.8 Å². The summed E-state index contributed by atoms with van der Waals surface area (Å²) < 4.78 is 0.